The Kier molecular flexibility index (Phi) is 6.50. The van der Waals surface area contributed by atoms with Gasteiger partial charge in [0.15, 0.2) is 5.16 Å². The maximum absolute atomic E-state index is 10.4. The average molecular weight is 368 g/mol. The molecule has 0 aliphatic heterocycles. The number of aliphatic hydroxyl groups is 1. The third-order valence-corrected chi connectivity index (χ3v) is 5.22. The van der Waals surface area contributed by atoms with E-state index in [4.69, 9.17) is 0 Å². The fraction of sp³-hybridized carbons (Fsp3) is 0.286. The van der Waals surface area contributed by atoms with Crippen LogP contribution in [0.1, 0.15) is 11.1 Å². The number of benzene rings is 2. The van der Waals surface area contributed by atoms with Gasteiger partial charge in [0.2, 0.25) is 0 Å². The van der Waals surface area contributed by atoms with Crippen molar-refractivity contribution >= 4 is 11.8 Å². The quantitative estimate of drug-likeness (QED) is 0.616. The second-order valence-corrected chi connectivity index (χ2v) is 7.55. The predicted molar refractivity (Wildman–Crippen MR) is 108 cm³/mol. The van der Waals surface area contributed by atoms with E-state index in [0.29, 0.717) is 12.3 Å². The van der Waals surface area contributed by atoms with E-state index in [9.17, 15) is 5.11 Å². The Morgan fingerprint density at radius 1 is 1.15 bits per heavy atom. The maximum Gasteiger partial charge on any atom is 0.172 e. The van der Waals surface area contributed by atoms with Gasteiger partial charge in [-0.3, -0.25) is 9.47 Å². The summed E-state index contributed by atoms with van der Waals surface area (Å²) in [6.45, 7) is 3.55. The summed E-state index contributed by atoms with van der Waals surface area (Å²) in [5.74, 6) is 0.613. The Labute approximate surface area is 159 Å². The lowest BCUT2D eigenvalue weighted by molar-refractivity contribution is 0.142. The van der Waals surface area contributed by atoms with Gasteiger partial charge in [-0.1, -0.05) is 54.2 Å². The molecule has 0 saturated carbocycles. The highest BCUT2D eigenvalue weighted by Gasteiger charge is 2.12. The summed E-state index contributed by atoms with van der Waals surface area (Å²) in [5, 5.41) is 11.3. The zero-order valence-corrected chi connectivity index (χ0v) is 16.1. The van der Waals surface area contributed by atoms with Crippen LogP contribution in [0.3, 0.4) is 0 Å². The van der Waals surface area contributed by atoms with Gasteiger partial charge in [-0.25, -0.2) is 4.98 Å². The second kappa shape index (κ2) is 9.03. The molecule has 1 unspecified atom stereocenters. The monoisotopic (exact) mass is 367 g/mol. The minimum Gasteiger partial charge on any atom is -0.391 e. The van der Waals surface area contributed by atoms with Crippen LogP contribution in [0.5, 0.6) is 0 Å². The Morgan fingerprint density at radius 3 is 2.73 bits per heavy atom. The van der Waals surface area contributed by atoms with Crippen molar-refractivity contribution in [3.05, 3.63) is 78.1 Å². The molecule has 0 radical (unpaired) electrons. The molecular formula is C21H25N3OS. The topological polar surface area (TPSA) is 41.3 Å². The number of thioether (sulfide) groups is 1. The standard InChI is InChI=1S/C21H25N3OS/c1-17-7-6-10-19(13-17)24-12-11-22-21(24)26-16-20(25)15-23(2)14-18-8-4-3-5-9-18/h3-13,20,25H,14-16H2,1-2H3. The first kappa shape index (κ1) is 18.7. The van der Waals surface area contributed by atoms with Gasteiger partial charge in [0.25, 0.3) is 0 Å². The second-order valence-electron chi connectivity index (χ2n) is 6.57. The number of imidazole rings is 1. The molecule has 3 aromatic rings. The molecule has 1 heterocycles. The fourth-order valence-electron chi connectivity index (χ4n) is 2.91. The number of rotatable bonds is 8. The summed E-state index contributed by atoms with van der Waals surface area (Å²) < 4.78 is 2.07. The van der Waals surface area contributed by atoms with E-state index in [1.54, 1.807) is 18.0 Å². The molecule has 0 amide bonds. The molecule has 0 fully saturated rings. The van der Waals surface area contributed by atoms with Crippen LogP contribution in [-0.2, 0) is 6.54 Å². The normalized spacial score (nSPS) is 12.5. The lowest BCUT2D eigenvalue weighted by Crippen LogP contribution is -2.30. The number of hydrogen-bond donors (Lipinski definition) is 1. The van der Waals surface area contributed by atoms with Gasteiger partial charge < -0.3 is 5.11 Å². The van der Waals surface area contributed by atoms with Gasteiger partial charge in [-0.2, -0.15) is 0 Å². The van der Waals surface area contributed by atoms with Gasteiger partial charge in [0, 0.05) is 36.9 Å². The molecule has 1 N–H and O–H groups in total. The summed E-state index contributed by atoms with van der Waals surface area (Å²) in [5.41, 5.74) is 3.57. The number of aryl methyl sites for hydroxylation is 1. The van der Waals surface area contributed by atoms with Crippen molar-refractivity contribution in [1.29, 1.82) is 0 Å². The van der Waals surface area contributed by atoms with E-state index in [0.717, 1.165) is 17.4 Å². The van der Waals surface area contributed by atoms with Crippen molar-refractivity contribution < 1.29 is 5.11 Å². The number of nitrogens with zero attached hydrogens (tertiary/aromatic N) is 3. The van der Waals surface area contributed by atoms with Gasteiger partial charge in [0.1, 0.15) is 0 Å². The average Bonchev–Trinajstić information content (AvgIpc) is 3.09. The molecular weight excluding hydrogens is 342 g/mol. The molecule has 0 saturated heterocycles. The van der Waals surface area contributed by atoms with Crippen LogP contribution in [-0.4, -0.2) is 45.0 Å². The van der Waals surface area contributed by atoms with E-state index >= 15 is 0 Å². The fourth-order valence-corrected chi connectivity index (χ4v) is 3.80. The molecule has 2 aromatic carbocycles. The summed E-state index contributed by atoms with van der Waals surface area (Å²) in [6, 6.07) is 18.7. The first-order valence-electron chi connectivity index (χ1n) is 8.75. The van der Waals surface area contributed by atoms with E-state index in [1.807, 2.05) is 37.5 Å². The largest absolute Gasteiger partial charge is 0.391 e. The molecule has 26 heavy (non-hydrogen) atoms. The van der Waals surface area contributed by atoms with Crippen molar-refractivity contribution in [3.63, 3.8) is 0 Å². The summed E-state index contributed by atoms with van der Waals surface area (Å²) in [7, 11) is 2.04. The van der Waals surface area contributed by atoms with Crippen LogP contribution in [0.25, 0.3) is 5.69 Å². The zero-order chi connectivity index (χ0) is 18.4. The maximum atomic E-state index is 10.4. The molecule has 0 spiro atoms. The number of aromatic nitrogens is 2. The molecule has 1 aromatic heterocycles. The van der Waals surface area contributed by atoms with E-state index in [-0.39, 0.29) is 0 Å². The van der Waals surface area contributed by atoms with Crippen LogP contribution in [0.15, 0.2) is 72.1 Å². The Hall–Kier alpha value is -2.08. The van der Waals surface area contributed by atoms with E-state index in [2.05, 4.69) is 51.7 Å². The molecule has 0 aliphatic rings. The van der Waals surface area contributed by atoms with Crippen LogP contribution < -0.4 is 0 Å². The van der Waals surface area contributed by atoms with Gasteiger partial charge >= 0.3 is 0 Å². The summed E-state index contributed by atoms with van der Waals surface area (Å²) >= 11 is 1.59. The zero-order valence-electron chi connectivity index (χ0n) is 15.2. The first-order valence-corrected chi connectivity index (χ1v) is 9.74. The smallest absolute Gasteiger partial charge is 0.172 e. The van der Waals surface area contributed by atoms with Crippen molar-refractivity contribution in [2.24, 2.45) is 0 Å². The Balaban J connectivity index is 1.54. The molecule has 3 rings (SSSR count). The molecule has 4 nitrogen and oxygen atoms in total. The van der Waals surface area contributed by atoms with Gasteiger partial charge in [-0.05, 0) is 37.2 Å². The first-order chi connectivity index (χ1) is 12.6. The third kappa shape index (κ3) is 5.21. The third-order valence-electron chi connectivity index (χ3n) is 4.11. The molecule has 0 aliphatic carbocycles. The summed E-state index contributed by atoms with van der Waals surface area (Å²) in [6.07, 6.45) is 3.36. The predicted octanol–water partition coefficient (Wildman–Crippen LogP) is 3.77. The molecule has 136 valence electrons. The molecule has 1 atom stereocenters. The van der Waals surface area contributed by atoms with Crippen molar-refractivity contribution in [2.45, 2.75) is 24.7 Å². The van der Waals surface area contributed by atoms with Crippen LogP contribution in [0.4, 0.5) is 0 Å². The molecule has 5 heteroatoms. The number of likely N-dealkylation sites (N-methyl/N-ethyl adjacent to an activating group) is 1. The van der Waals surface area contributed by atoms with Gasteiger partial charge in [0.05, 0.1) is 6.10 Å². The highest BCUT2D eigenvalue weighted by molar-refractivity contribution is 7.99. The van der Waals surface area contributed by atoms with Crippen molar-refractivity contribution in [2.75, 3.05) is 19.3 Å². The van der Waals surface area contributed by atoms with Crippen molar-refractivity contribution in [3.8, 4) is 5.69 Å². The van der Waals surface area contributed by atoms with Crippen molar-refractivity contribution in [1.82, 2.24) is 14.5 Å². The van der Waals surface area contributed by atoms with Crippen LogP contribution in [0.2, 0.25) is 0 Å². The SMILES string of the molecule is Cc1cccc(-n2ccnc2SCC(O)CN(C)Cc2ccccc2)c1. The van der Waals surface area contributed by atoms with Crippen LogP contribution in [0, 0.1) is 6.92 Å². The minimum atomic E-state index is -0.406. The number of aliphatic hydroxyl groups excluding tert-OH is 1. The lowest BCUT2D eigenvalue weighted by Gasteiger charge is -2.20. The van der Waals surface area contributed by atoms with Crippen LogP contribution >= 0.6 is 11.8 Å². The Morgan fingerprint density at radius 2 is 1.96 bits per heavy atom. The highest BCUT2D eigenvalue weighted by Crippen LogP contribution is 2.22. The number of hydrogen-bond acceptors (Lipinski definition) is 4. The minimum absolute atomic E-state index is 0.406. The summed E-state index contributed by atoms with van der Waals surface area (Å²) in [4.78, 5) is 6.59. The lowest BCUT2D eigenvalue weighted by atomic mass is 10.2. The molecule has 0 bridgehead atoms. The van der Waals surface area contributed by atoms with E-state index < -0.39 is 6.10 Å². The van der Waals surface area contributed by atoms with Gasteiger partial charge in [-0.15, -0.1) is 0 Å². The van der Waals surface area contributed by atoms with E-state index in [1.165, 1.54) is 11.1 Å². The highest BCUT2D eigenvalue weighted by atomic mass is 32.2. The Bertz CT molecular complexity index is 819.